The minimum Gasteiger partial charge on any atom is -0.395 e. The summed E-state index contributed by atoms with van der Waals surface area (Å²) in [4.78, 5) is 14.1. The van der Waals surface area contributed by atoms with E-state index in [4.69, 9.17) is 5.11 Å². The minimum absolute atomic E-state index is 0.0108. The normalized spacial score (nSPS) is 10.3. The molecule has 106 valence electrons. The molecule has 0 aliphatic heterocycles. The van der Waals surface area contributed by atoms with Crippen LogP contribution in [0.1, 0.15) is 36.2 Å². The van der Waals surface area contributed by atoms with Crippen LogP contribution in [0.3, 0.4) is 0 Å². The summed E-state index contributed by atoms with van der Waals surface area (Å²) in [5.74, 6) is -0.0288. The fourth-order valence-corrected chi connectivity index (χ4v) is 1.94. The number of benzene rings is 1. The maximum atomic E-state index is 12.5. The Kier molecular flexibility index (Phi) is 6.36. The molecule has 1 rings (SSSR count). The van der Waals surface area contributed by atoms with Crippen LogP contribution in [0.15, 0.2) is 18.2 Å². The molecule has 2 N–H and O–H groups in total. The Labute approximate surface area is 115 Å². The summed E-state index contributed by atoms with van der Waals surface area (Å²) in [6.07, 6.45) is 1.01. The highest BCUT2D eigenvalue weighted by Gasteiger charge is 2.17. The van der Waals surface area contributed by atoms with Gasteiger partial charge in [0, 0.05) is 25.3 Å². The number of hydrogen-bond acceptors (Lipinski definition) is 3. The van der Waals surface area contributed by atoms with Crippen molar-refractivity contribution in [3.05, 3.63) is 29.3 Å². The van der Waals surface area contributed by atoms with Gasteiger partial charge in [-0.15, -0.1) is 0 Å². The monoisotopic (exact) mass is 264 g/mol. The second-order valence-electron chi connectivity index (χ2n) is 4.58. The summed E-state index contributed by atoms with van der Waals surface area (Å²) in [6, 6.07) is 5.85. The largest absolute Gasteiger partial charge is 0.395 e. The molecule has 0 aliphatic rings. The van der Waals surface area contributed by atoms with Crippen LogP contribution in [0.4, 0.5) is 5.69 Å². The zero-order chi connectivity index (χ0) is 14.3. The Balaban J connectivity index is 3.01. The van der Waals surface area contributed by atoms with Crippen molar-refractivity contribution < 1.29 is 9.90 Å². The minimum atomic E-state index is -0.0288. The quantitative estimate of drug-likeness (QED) is 0.794. The van der Waals surface area contributed by atoms with E-state index in [0.717, 1.165) is 24.2 Å². The maximum absolute atomic E-state index is 12.5. The van der Waals surface area contributed by atoms with Crippen LogP contribution in [0.2, 0.25) is 0 Å². The summed E-state index contributed by atoms with van der Waals surface area (Å²) in [6.45, 7) is 7.79. The van der Waals surface area contributed by atoms with E-state index in [1.54, 1.807) is 4.90 Å². The highest BCUT2D eigenvalue weighted by atomic mass is 16.3. The van der Waals surface area contributed by atoms with Gasteiger partial charge in [0.2, 0.25) is 0 Å². The van der Waals surface area contributed by atoms with E-state index in [-0.39, 0.29) is 12.5 Å². The number of hydrogen-bond donors (Lipinski definition) is 2. The van der Waals surface area contributed by atoms with Crippen molar-refractivity contribution in [1.82, 2.24) is 4.90 Å². The van der Waals surface area contributed by atoms with E-state index in [1.807, 2.05) is 32.0 Å². The van der Waals surface area contributed by atoms with E-state index in [1.165, 1.54) is 0 Å². The molecule has 0 saturated carbocycles. The number of nitrogens with one attached hydrogen (secondary N) is 1. The fourth-order valence-electron chi connectivity index (χ4n) is 1.94. The van der Waals surface area contributed by atoms with Crippen LogP contribution in [0.25, 0.3) is 0 Å². The van der Waals surface area contributed by atoms with Gasteiger partial charge in [-0.3, -0.25) is 4.79 Å². The Morgan fingerprint density at radius 3 is 2.68 bits per heavy atom. The highest BCUT2D eigenvalue weighted by molar-refractivity contribution is 5.99. The third kappa shape index (κ3) is 4.24. The molecular weight excluding hydrogens is 240 g/mol. The molecule has 1 amide bonds. The Bertz CT molecular complexity index is 419. The molecule has 4 heteroatoms. The van der Waals surface area contributed by atoms with E-state index in [2.05, 4.69) is 12.2 Å². The van der Waals surface area contributed by atoms with Crippen LogP contribution in [-0.4, -0.2) is 42.2 Å². The van der Waals surface area contributed by atoms with Gasteiger partial charge in [0.05, 0.1) is 12.2 Å². The van der Waals surface area contributed by atoms with Gasteiger partial charge in [-0.1, -0.05) is 18.6 Å². The van der Waals surface area contributed by atoms with E-state index in [0.29, 0.717) is 18.7 Å². The lowest BCUT2D eigenvalue weighted by atomic mass is 10.1. The van der Waals surface area contributed by atoms with Crippen molar-refractivity contribution in [2.45, 2.75) is 27.2 Å². The van der Waals surface area contributed by atoms with Crippen LogP contribution < -0.4 is 5.32 Å². The summed E-state index contributed by atoms with van der Waals surface area (Å²) in [7, 11) is 0. The Morgan fingerprint density at radius 1 is 1.37 bits per heavy atom. The van der Waals surface area contributed by atoms with Crippen LogP contribution in [0, 0.1) is 6.92 Å². The summed E-state index contributed by atoms with van der Waals surface area (Å²) in [5.41, 5.74) is 2.61. The van der Waals surface area contributed by atoms with Gasteiger partial charge in [-0.05, 0) is 32.4 Å². The molecular formula is C15H24N2O2. The molecule has 0 aliphatic carbocycles. The van der Waals surface area contributed by atoms with Gasteiger partial charge in [0.15, 0.2) is 0 Å². The van der Waals surface area contributed by atoms with Gasteiger partial charge in [-0.25, -0.2) is 0 Å². The second kappa shape index (κ2) is 7.79. The third-order valence-corrected chi connectivity index (χ3v) is 3.01. The molecule has 0 saturated heterocycles. The Morgan fingerprint density at radius 2 is 2.11 bits per heavy atom. The van der Waals surface area contributed by atoms with Gasteiger partial charge in [0.25, 0.3) is 5.91 Å². The number of anilines is 1. The van der Waals surface area contributed by atoms with E-state index < -0.39 is 0 Å². The number of rotatable bonds is 7. The first kappa shape index (κ1) is 15.5. The van der Waals surface area contributed by atoms with Crippen LogP contribution >= 0.6 is 0 Å². The summed E-state index contributed by atoms with van der Waals surface area (Å²) < 4.78 is 0. The van der Waals surface area contributed by atoms with Gasteiger partial charge < -0.3 is 15.3 Å². The standard InChI is InChI=1S/C15H24N2O2/c1-4-8-16-14-7-6-12(3)11-13(14)15(19)17(5-2)9-10-18/h6-7,11,16,18H,4-5,8-10H2,1-3H3. The number of aliphatic hydroxyl groups excluding tert-OH is 1. The van der Waals surface area contributed by atoms with Gasteiger partial charge >= 0.3 is 0 Å². The first-order chi connectivity index (χ1) is 9.13. The average molecular weight is 264 g/mol. The van der Waals surface area contributed by atoms with Crippen molar-refractivity contribution in [2.75, 3.05) is 31.6 Å². The topological polar surface area (TPSA) is 52.6 Å². The number of aryl methyl sites for hydroxylation is 1. The first-order valence-electron chi connectivity index (χ1n) is 6.88. The molecule has 1 aromatic carbocycles. The zero-order valence-electron chi connectivity index (χ0n) is 12.1. The van der Waals surface area contributed by atoms with E-state index in [9.17, 15) is 4.79 Å². The molecule has 0 fully saturated rings. The maximum Gasteiger partial charge on any atom is 0.256 e. The Hall–Kier alpha value is -1.55. The number of carbonyl (C=O) groups excluding carboxylic acids is 1. The summed E-state index contributed by atoms with van der Waals surface area (Å²) >= 11 is 0. The molecule has 4 nitrogen and oxygen atoms in total. The molecule has 0 spiro atoms. The summed E-state index contributed by atoms with van der Waals surface area (Å²) in [5, 5.41) is 12.3. The number of carbonyl (C=O) groups is 1. The lowest BCUT2D eigenvalue weighted by Gasteiger charge is -2.22. The number of likely N-dealkylation sites (N-methyl/N-ethyl adjacent to an activating group) is 1. The third-order valence-electron chi connectivity index (χ3n) is 3.01. The lowest BCUT2D eigenvalue weighted by Crippen LogP contribution is -2.33. The molecule has 0 bridgehead atoms. The van der Waals surface area contributed by atoms with E-state index >= 15 is 0 Å². The number of nitrogens with zero attached hydrogens (tertiary/aromatic N) is 1. The van der Waals surface area contributed by atoms with Crippen molar-refractivity contribution in [2.24, 2.45) is 0 Å². The number of amides is 1. The fraction of sp³-hybridized carbons (Fsp3) is 0.533. The van der Waals surface area contributed by atoms with Gasteiger partial charge in [-0.2, -0.15) is 0 Å². The highest BCUT2D eigenvalue weighted by Crippen LogP contribution is 2.19. The van der Waals surface area contributed by atoms with Crippen molar-refractivity contribution in [1.29, 1.82) is 0 Å². The van der Waals surface area contributed by atoms with Crippen molar-refractivity contribution >= 4 is 11.6 Å². The molecule has 0 heterocycles. The van der Waals surface area contributed by atoms with Crippen molar-refractivity contribution in [3.8, 4) is 0 Å². The van der Waals surface area contributed by atoms with Crippen molar-refractivity contribution in [3.63, 3.8) is 0 Å². The predicted molar refractivity (Wildman–Crippen MR) is 78.6 cm³/mol. The average Bonchev–Trinajstić information content (AvgIpc) is 2.42. The predicted octanol–water partition coefficient (Wildman–Crippen LogP) is 2.27. The molecule has 0 atom stereocenters. The molecule has 1 aromatic rings. The van der Waals surface area contributed by atoms with Gasteiger partial charge in [0.1, 0.15) is 0 Å². The van der Waals surface area contributed by atoms with Crippen LogP contribution in [-0.2, 0) is 0 Å². The molecule has 0 aromatic heterocycles. The molecule has 0 unspecified atom stereocenters. The SMILES string of the molecule is CCCNc1ccc(C)cc1C(=O)N(CC)CCO. The smallest absolute Gasteiger partial charge is 0.256 e. The molecule has 19 heavy (non-hydrogen) atoms. The first-order valence-corrected chi connectivity index (χ1v) is 6.88. The lowest BCUT2D eigenvalue weighted by molar-refractivity contribution is 0.0733. The zero-order valence-corrected chi connectivity index (χ0v) is 12.1. The van der Waals surface area contributed by atoms with Crippen LogP contribution in [0.5, 0.6) is 0 Å². The number of aliphatic hydroxyl groups is 1. The second-order valence-corrected chi connectivity index (χ2v) is 4.58. The molecule has 0 radical (unpaired) electrons.